The number of nitro benzene ring substituents is 1. The Hall–Kier alpha value is -2.94. The number of amides is 1. The summed E-state index contributed by atoms with van der Waals surface area (Å²) in [6, 6.07) is 10.5. The van der Waals surface area contributed by atoms with Gasteiger partial charge in [-0.2, -0.15) is 5.10 Å². The first-order valence-corrected chi connectivity index (χ1v) is 7.42. The highest BCUT2D eigenvalue weighted by molar-refractivity contribution is 9.10. The Balaban J connectivity index is 1.90. The fourth-order valence-corrected chi connectivity index (χ4v) is 2.05. The molecule has 1 amide bonds. The summed E-state index contributed by atoms with van der Waals surface area (Å²) >= 11 is 3.28. The van der Waals surface area contributed by atoms with Gasteiger partial charge in [0.05, 0.1) is 11.1 Å². The van der Waals surface area contributed by atoms with Crippen LogP contribution in [0.4, 0.5) is 5.69 Å². The highest BCUT2D eigenvalue weighted by Crippen LogP contribution is 2.21. The molecule has 0 heterocycles. The van der Waals surface area contributed by atoms with Crippen LogP contribution in [0.15, 0.2) is 52.0 Å². The third-order valence-corrected chi connectivity index (χ3v) is 3.27. The number of non-ortho nitro benzene ring substituents is 1. The van der Waals surface area contributed by atoms with E-state index in [2.05, 4.69) is 26.5 Å². The van der Waals surface area contributed by atoms with Gasteiger partial charge in [-0.05, 0) is 24.3 Å². The maximum absolute atomic E-state index is 11.6. The lowest BCUT2D eigenvalue weighted by molar-refractivity contribution is -0.384. The molecule has 2 aromatic rings. The molecule has 0 aromatic heterocycles. The maximum atomic E-state index is 11.6. The first-order chi connectivity index (χ1) is 11.5. The molecule has 2 N–H and O–H groups in total. The number of ether oxygens (including phenoxy) is 1. The third-order valence-electron chi connectivity index (χ3n) is 2.78. The van der Waals surface area contributed by atoms with Crippen LogP contribution in [0, 0.1) is 10.1 Å². The molecule has 0 saturated carbocycles. The van der Waals surface area contributed by atoms with E-state index in [1.54, 1.807) is 18.2 Å². The number of halogens is 1. The van der Waals surface area contributed by atoms with Gasteiger partial charge < -0.3 is 9.84 Å². The van der Waals surface area contributed by atoms with Crippen molar-refractivity contribution < 1.29 is 19.6 Å². The summed E-state index contributed by atoms with van der Waals surface area (Å²) < 4.78 is 6.09. The van der Waals surface area contributed by atoms with Crippen LogP contribution in [-0.2, 0) is 4.79 Å². The largest absolute Gasteiger partial charge is 0.507 e. The SMILES string of the molecule is O=C(COc1cccc(Br)c1)NN=Cc1cc([N+](=O)[O-])ccc1O. The number of nitro groups is 1. The minimum atomic E-state index is -0.596. The predicted octanol–water partition coefficient (Wildman–Crippen LogP) is 2.59. The zero-order valence-corrected chi connectivity index (χ0v) is 13.8. The van der Waals surface area contributed by atoms with Gasteiger partial charge in [0.25, 0.3) is 11.6 Å². The number of phenols is 1. The Morgan fingerprint density at radius 2 is 2.17 bits per heavy atom. The highest BCUT2D eigenvalue weighted by Gasteiger charge is 2.09. The van der Waals surface area contributed by atoms with Crippen molar-refractivity contribution in [1.29, 1.82) is 0 Å². The standard InChI is InChI=1S/C15H12BrN3O5/c16-11-2-1-3-13(7-11)24-9-15(21)18-17-8-10-6-12(19(22)23)4-5-14(10)20/h1-8,20H,9H2,(H,18,21). The Morgan fingerprint density at radius 3 is 2.88 bits per heavy atom. The number of hydrogen-bond acceptors (Lipinski definition) is 6. The van der Waals surface area contributed by atoms with E-state index >= 15 is 0 Å². The molecule has 0 atom stereocenters. The summed E-state index contributed by atoms with van der Waals surface area (Å²) in [7, 11) is 0. The van der Waals surface area contributed by atoms with E-state index in [9.17, 15) is 20.0 Å². The monoisotopic (exact) mass is 393 g/mol. The number of hydrogen-bond donors (Lipinski definition) is 2. The van der Waals surface area contributed by atoms with Gasteiger partial charge in [0.15, 0.2) is 6.61 Å². The summed E-state index contributed by atoms with van der Waals surface area (Å²) in [5.74, 6) is -0.194. The predicted molar refractivity (Wildman–Crippen MR) is 90.1 cm³/mol. The Morgan fingerprint density at radius 1 is 1.38 bits per heavy atom. The van der Waals surface area contributed by atoms with Crippen molar-refractivity contribution in [3.05, 3.63) is 62.6 Å². The molecule has 2 aromatic carbocycles. The van der Waals surface area contributed by atoms with Crippen molar-refractivity contribution in [2.75, 3.05) is 6.61 Å². The Bertz CT molecular complexity index is 794. The van der Waals surface area contributed by atoms with Gasteiger partial charge in [-0.15, -0.1) is 0 Å². The first-order valence-electron chi connectivity index (χ1n) is 6.63. The smallest absolute Gasteiger partial charge is 0.277 e. The molecule has 0 aliphatic carbocycles. The maximum Gasteiger partial charge on any atom is 0.277 e. The molecule has 0 saturated heterocycles. The number of carbonyl (C=O) groups excluding carboxylic acids is 1. The molecule has 9 heteroatoms. The van der Waals surface area contributed by atoms with E-state index in [-0.39, 0.29) is 23.6 Å². The first kappa shape index (κ1) is 17.4. The molecule has 0 aliphatic heterocycles. The van der Waals surface area contributed by atoms with Crippen molar-refractivity contribution in [2.45, 2.75) is 0 Å². The van der Waals surface area contributed by atoms with Crippen LogP contribution in [0.1, 0.15) is 5.56 Å². The molecular formula is C15H12BrN3O5. The molecule has 0 aliphatic rings. The van der Waals surface area contributed by atoms with Crippen LogP contribution in [-0.4, -0.2) is 28.8 Å². The van der Waals surface area contributed by atoms with E-state index < -0.39 is 10.8 Å². The van der Waals surface area contributed by atoms with E-state index in [4.69, 9.17) is 4.74 Å². The highest BCUT2D eigenvalue weighted by atomic mass is 79.9. The normalized spacial score (nSPS) is 10.5. The lowest BCUT2D eigenvalue weighted by atomic mass is 10.2. The fraction of sp³-hybridized carbons (Fsp3) is 0.0667. The number of aromatic hydroxyl groups is 1. The van der Waals surface area contributed by atoms with E-state index in [1.807, 2.05) is 6.07 Å². The topological polar surface area (TPSA) is 114 Å². The van der Waals surface area contributed by atoms with Gasteiger partial charge >= 0.3 is 0 Å². The molecular weight excluding hydrogens is 382 g/mol. The fourth-order valence-electron chi connectivity index (χ4n) is 1.67. The number of carbonyl (C=O) groups is 1. The van der Waals surface area contributed by atoms with E-state index in [0.29, 0.717) is 5.75 Å². The number of nitrogens with one attached hydrogen (secondary N) is 1. The van der Waals surface area contributed by atoms with Crippen LogP contribution in [0.2, 0.25) is 0 Å². The van der Waals surface area contributed by atoms with Crippen molar-refractivity contribution in [1.82, 2.24) is 5.43 Å². The summed E-state index contributed by atoms with van der Waals surface area (Å²) in [5.41, 5.74) is 2.12. The quantitative estimate of drug-likeness (QED) is 0.444. The van der Waals surface area contributed by atoms with Crippen molar-refractivity contribution in [3.8, 4) is 11.5 Å². The number of nitrogens with zero attached hydrogens (tertiary/aromatic N) is 2. The average Bonchev–Trinajstić information content (AvgIpc) is 2.54. The number of phenolic OH excluding ortho intramolecular Hbond substituents is 1. The molecule has 8 nitrogen and oxygen atoms in total. The van der Waals surface area contributed by atoms with E-state index in [1.165, 1.54) is 6.07 Å². The zero-order chi connectivity index (χ0) is 17.5. The minimum Gasteiger partial charge on any atom is -0.507 e. The lowest BCUT2D eigenvalue weighted by Crippen LogP contribution is -2.24. The van der Waals surface area contributed by atoms with Gasteiger partial charge in [0, 0.05) is 22.2 Å². The minimum absolute atomic E-state index is 0.109. The van der Waals surface area contributed by atoms with Gasteiger partial charge in [-0.3, -0.25) is 14.9 Å². The van der Waals surface area contributed by atoms with Gasteiger partial charge in [-0.1, -0.05) is 22.0 Å². The summed E-state index contributed by atoms with van der Waals surface area (Å²) in [4.78, 5) is 21.7. The van der Waals surface area contributed by atoms with Gasteiger partial charge in [0.2, 0.25) is 0 Å². The molecule has 24 heavy (non-hydrogen) atoms. The summed E-state index contributed by atoms with van der Waals surface area (Å²) in [6.45, 7) is -0.255. The zero-order valence-electron chi connectivity index (χ0n) is 12.2. The second-order valence-electron chi connectivity index (χ2n) is 4.54. The number of rotatable bonds is 6. The van der Waals surface area contributed by atoms with E-state index in [0.717, 1.165) is 22.8 Å². The molecule has 0 unspecified atom stereocenters. The van der Waals surface area contributed by atoms with Crippen LogP contribution in [0.25, 0.3) is 0 Å². The van der Waals surface area contributed by atoms with Crippen molar-refractivity contribution in [2.24, 2.45) is 5.10 Å². The third kappa shape index (κ3) is 5.06. The molecule has 0 radical (unpaired) electrons. The Kier molecular flexibility index (Phi) is 5.85. The van der Waals surface area contributed by atoms with Gasteiger partial charge in [-0.25, -0.2) is 5.43 Å². The number of benzene rings is 2. The molecule has 124 valence electrons. The second-order valence-corrected chi connectivity index (χ2v) is 5.46. The van der Waals surface area contributed by atoms with Crippen LogP contribution >= 0.6 is 15.9 Å². The lowest BCUT2D eigenvalue weighted by Gasteiger charge is -2.05. The second kappa shape index (κ2) is 8.06. The molecule has 2 rings (SSSR count). The molecule has 0 bridgehead atoms. The van der Waals surface area contributed by atoms with Crippen LogP contribution < -0.4 is 10.2 Å². The summed E-state index contributed by atoms with van der Waals surface area (Å²) in [6.07, 6.45) is 1.11. The van der Waals surface area contributed by atoms with Crippen LogP contribution in [0.5, 0.6) is 11.5 Å². The summed E-state index contributed by atoms with van der Waals surface area (Å²) in [5, 5.41) is 23.9. The number of hydrazone groups is 1. The van der Waals surface area contributed by atoms with Crippen LogP contribution in [0.3, 0.4) is 0 Å². The Labute approximate surface area is 145 Å². The van der Waals surface area contributed by atoms with Gasteiger partial charge in [0.1, 0.15) is 11.5 Å². The molecule has 0 spiro atoms. The van der Waals surface area contributed by atoms with Crippen molar-refractivity contribution in [3.63, 3.8) is 0 Å². The average molecular weight is 394 g/mol. The molecule has 0 fully saturated rings. The van der Waals surface area contributed by atoms with Crippen molar-refractivity contribution >= 4 is 33.7 Å².